The number of ketones is 1. The van der Waals surface area contributed by atoms with Gasteiger partial charge in [-0.25, -0.2) is 8.42 Å². The molecule has 1 N–H and O–H groups in total. The first-order valence-corrected chi connectivity index (χ1v) is 9.81. The average Bonchev–Trinajstić information content (AvgIpc) is 2.90. The molecule has 0 aliphatic carbocycles. The van der Waals surface area contributed by atoms with Crippen LogP contribution in [0.5, 0.6) is 0 Å². The second-order valence-corrected chi connectivity index (χ2v) is 8.14. The lowest BCUT2D eigenvalue weighted by atomic mass is 9.99. The van der Waals surface area contributed by atoms with Gasteiger partial charge in [0.15, 0.2) is 9.84 Å². The molecule has 0 saturated heterocycles. The highest BCUT2D eigenvalue weighted by Gasteiger charge is 2.25. The number of sulfone groups is 1. The Morgan fingerprint density at radius 3 is 2.46 bits per heavy atom. The van der Waals surface area contributed by atoms with Crippen molar-refractivity contribution in [3.05, 3.63) is 45.4 Å². The molecule has 2 aromatic rings. The number of benzene rings is 1. The van der Waals surface area contributed by atoms with E-state index in [0.29, 0.717) is 24.4 Å². The average molecular weight is 381 g/mol. The summed E-state index contributed by atoms with van der Waals surface area (Å²) in [5.41, 5.74) is 0.792. The van der Waals surface area contributed by atoms with Gasteiger partial charge < -0.3 is 14.7 Å². The lowest BCUT2D eigenvalue weighted by molar-refractivity contribution is 0.103. The highest BCUT2D eigenvalue weighted by molar-refractivity contribution is 7.90. The Balaban J connectivity index is 2.65. The Kier molecular flexibility index (Phi) is 5.72. The Morgan fingerprint density at radius 1 is 1.31 bits per heavy atom. The van der Waals surface area contributed by atoms with Crippen molar-refractivity contribution in [2.75, 3.05) is 38.5 Å². The van der Waals surface area contributed by atoms with Crippen molar-refractivity contribution < 1.29 is 17.9 Å². The van der Waals surface area contributed by atoms with Crippen LogP contribution in [0.15, 0.2) is 28.0 Å². The third kappa shape index (κ3) is 3.73. The van der Waals surface area contributed by atoms with Crippen LogP contribution in [-0.4, -0.2) is 57.5 Å². The largest absolute Gasteiger partial charge is 0.383 e. The Hall–Kier alpha value is -2.39. The second kappa shape index (κ2) is 7.46. The number of aryl methyl sites for hydroxylation is 1. The van der Waals surface area contributed by atoms with Crippen LogP contribution in [0.2, 0.25) is 0 Å². The van der Waals surface area contributed by atoms with E-state index in [1.165, 1.54) is 30.1 Å². The zero-order valence-electron chi connectivity index (χ0n) is 15.5. The van der Waals surface area contributed by atoms with Crippen molar-refractivity contribution in [1.82, 2.24) is 9.78 Å². The molecule has 0 aliphatic heterocycles. The summed E-state index contributed by atoms with van der Waals surface area (Å²) in [6.45, 7) is 2.52. The molecule has 0 aliphatic rings. The van der Waals surface area contributed by atoms with Crippen molar-refractivity contribution in [2.45, 2.75) is 11.8 Å². The number of nitrogens with one attached hydrogen (secondary N) is 1. The summed E-state index contributed by atoms with van der Waals surface area (Å²) in [7, 11) is 1.30. The fourth-order valence-electron chi connectivity index (χ4n) is 2.81. The lowest BCUT2D eigenvalue weighted by Gasteiger charge is -2.25. The summed E-state index contributed by atoms with van der Waals surface area (Å²) in [5.74, 6) is -0.453. The van der Waals surface area contributed by atoms with E-state index in [4.69, 9.17) is 4.74 Å². The number of aromatic nitrogens is 2. The molecule has 1 aromatic carbocycles. The topological polar surface area (TPSA) is 101 Å². The van der Waals surface area contributed by atoms with Gasteiger partial charge in [-0.1, -0.05) is 0 Å². The number of H-pyrrole nitrogens is 1. The molecular formula is C17H23N3O5S. The molecule has 0 amide bonds. The van der Waals surface area contributed by atoms with Crippen LogP contribution < -0.4 is 10.5 Å². The van der Waals surface area contributed by atoms with E-state index in [-0.39, 0.29) is 16.0 Å². The van der Waals surface area contributed by atoms with Crippen molar-refractivity contribution in [1.29, 1.82) is 0 Å². The molecule has 0 spiro atoms. The number of hydrogen-bond acceptors (Lipinski definition) is 6. The number of methoxy groups -OCH3 is 1. The second-order valence-electron chi connectivity index (χ2n) is 6.15. The molecule has 0 radical (unpaired) electrons. The predicted octanol–water partition coefficient (Wildman–Crippen LogP) is 0.739. The Bertz CT molecular complexity index is 988. The SMILES string of the molecule is COCCN(C)c1c(S(C)(=O)=O)ccc(C(=O)c2c[nH]n(C)c2=O)c1C. The molecule has 8 nitrogen and oxygen atoms in total. The molecule has 142 valence electrons. The molecule has 2 rings (SSSR count). The summed E-state index contributed by atoms with van der Waals surface area (Å²) >= 11 is 0. The highest BCUT2D eigenvalue weighted by atomic mass is 32.2. The van der Waals surface area contributed by atoms with Gasteiger partial charge in [-0.3, -0.25) is 14.3 Å². The van der Waals surface area contributed by atoms with Gasteiger partial charge in [0.25, 0.3) is 5.56 Å². The van der Waals surface area contributed by atoms with Crippen LogP contribution in [0.3, 0.4) is 0 Å². The van der Waals surface area contributed by atoms with E-state index in [1.807, 2.05) is 0 Å². The molecule has 0 fully saturated rings. The first-order valence-electron chi connectivity index (χ1n) is 7.92. The van der Waals surface area contributed by atoms with Crippen molar-refractivity contribution in [3.8, 4) is 0 Å². The minimum absolute atomic E-state index is 0.00759. The van der Waals surface area contributed by atoms with Crippen LogP contribution >= 0.6 is 0 Å². The minimum atomic E-state index is -3.50. The third-order valence-electron chi connectivity index (χ3n) is 4.23. The number of likely N-dealkylation sites (N-methyl/N-ethyl adjacent to an activating group) is 1. The van der Waals surface area contributed by atoms with Crippen molar-refractivity contribution in [2.24, 2.45) is 7.05 Å². The number of ether oxygens (including phenoxy) is 1. The first kappa shape index (κ1) is 19.9. The quantitative estimate of drug-likeness (QED) is 0.710. The monoisotopic (exact) mass is 381 g/mol. The summed E-state index contributed by atoms with van der Waals surface area (Å²) < 4.78 is 30.6. The summed E-state index contributed by atoms with van der Waals surface area (Å²) in [4.78, 5) is 26.8. The van der Waals surface area contributed by atoms with Gasteiger partial charge in [0.1, 0.15) is 5.56 Å². The molecular weight excluding hydrogens is 358 g/mol. The normalized spacial score (nSPS) is 11.6. The zero-order chi connectivity index (χ0) is 19.6. The smallest absolute Gasteiger partial charge is 0.277 e. The van der Waals surface area contributed by atoms with E-state index in [0.717, 1.165) is 6.26 Å². The number of anilines is 1. The molecule has 1 aromatic heterocycles. The van der Waals surface area contributed by atoms with E-state index < -0.39 is 21.2 Å². The van der Waals surface area contributed by atoms with Gasteiger partial charge in [-0.15, -0.1) is 0 Å². The highest BCUT2D eigenvalue weighted by Crippen LogP contribution is 2.31. The number of rotatable bonds is 7. The molecule has 26 heavy (non-hydrogen) atoms. The third-order valence-corrected chi connectivity index (χ3v) is 5.36. The van der Waals surface area contributed by atoms with Gasteiger partial charge in [0.05, 0.1) is 17.2 Å². The molecule has 0 bridgehead atoms. The van der Waals surface area contributed by atoms with E-state index in [9.17, 15) is 18.0 Å². The van der Waals surface area contributed by atoms with Crippen LogP contribution in [0.4, 0.5) is 5.69 Å². The minimum Gasteiger partial charge on any atom is -0.383 e. The molecule has 0 saturated carbocycles. The first-order chi connectivity index (χ1) is 12.1. The van der Waals surface area contributed by atoms with Crippen LogP contribution in [0, 0.1) is 6.92 Å². The molecule has 9 heteroatoms. The number of hydrogen-bond donors (Lipinski definition) is 1. The van der Waals surface area contributed by atoms with E-state index in [2.05, 4.69) is 5.10 Å². The molecule has 0 unspecified atom stereocenters. The van der Waals surface area contributed by atoms with Gasteiger partial charge >= 0.3 is 0 Å². The molecule has 1 heterocycles. The maximum atomic E-state index is 12.8. The molecule has 0 atom stereocenters. The van der Waals surface area contributed by atoms with Crippen molar-refractivity contribution >= 4 is 21.3 Å². The fourth-order valence-corrected chi connectivity index (χ4v) is 3.78. The predicted molar refractivity (Wildman–Crippen MR) is 98.9 cm³/mol. The zero-order valence-corrected chi connectivity index (χ0v) is 16.3. The number of nitrogens with zero attached hydrogens (tertiary/aromatic N) is 2. The van der Waals surface area contributed by atoms with Gasteiger partial charge in [-0.2, -0.15) is 0 Å². The van der Waals surface area contributed by atoms with Gasteiger partial charge in [-0.05, 0) is 24.6 Å². The number of aromatic amines is 1. The van der Waals surface area contributed by atoms with Crippen LogP contribution in [-0.2, 0) is 21.6 Å². The maximum absolute atomic E-state index is 12.8. The Labute approximate surface area is 152 Å². The fraction of sp³-hybridized carbons (Fsp3) is 0.412. The van der Waals surface area contributed by atoms with Crippen LogP contribution in [0.1, 0.15) is 21.5 Å². The number of carbonyl (C=O) groups is 1. The summed E-state index contributed by atoms with van der Waals surface area (Å²) in [6, 6.07) is 2.86. The van der Waals surface area contributed by atoms with Crippen molar-refractivity contribution in [3.63, 3.8) is 0 Å². The van der Waals surface area contributed by atoms with E-state index >= 15 is 0 Å². The van der Waals surface area contributed by atoms with Gasteiger partial charge in [0.2, 0.25) is 5.78 Å². The van der Waals surface area contributed by atoms with Crippen LogP contribution in [0.25, 0.3) is 0 Å². The lowest BCUT2D eigenvalue weighted by Crippen LogP contribution is -2.26. The standard InChI is InChI=1S/C17H23N3O5S/c1-11-12(16(21)13-10-18-20(3)17(13)22)6-7-14(26(5,23)24)15(11)19(2)8-9-25-4/h6-7,10,18H,8-9H2,1-5H3. The van der Waals surface area contributed by atoms with Gasteiger partial charge in [0, 0.05) is 45.8 Å². The summed E-state index contributed by atoms with van der Waals surface area (Å²) in [6.07, 6.45) is 2.47. The Morgan fingerprint density at radius 2 is 1.96 bits per heavy atom. The number of carbonyl (C=O) groups excluding carboxylic acids is 1. The summed E-state index contributed by atoms with van der Waals surface area (Å²) in [5, 5.41) is 2.67. The maximum Gasteiger partial charge on any atom is 0.277 e. The van der Waals surface area contributed by atoms with E-state index in [1.54, 1.807) is 26.0 Å².